The molecule has 6 rings (SSSR count). The molecule has 4 aromatic rings. The normalized spacial score (nSPS) is 29.5. The van der Waals surface area contributed by atoms with Crippen LogP contribution in [0.2, 0.25) is 0 Å². The van der Waals surface area contributed by atoms with E-state index in [4.69, 9.17) is 39.8 Å². The number of halogens is 1. The second-order valence-electron chi connectivity index (χ2n) is 10.2. The van der Waals surface area contributed by atoms with Crippen LogP contribution >= 0.6 is 15.6 Å². The van der Waals surface area contributed by atoms with Crippen molar-refractivity contribution in [3.8, 4) is 6.01 Å². The molecule has 6 heterocycles. The zero-order chi connectivity index (χ0) is 34.0. The number of hydrogen-bond acceptors (Lipinski definition) is 19. The number of nitrogens with two attached hydrogens (primary N) is 2. The van der Waals surface area contributed by atoms with Crippen molar-refractivity contribution >= 4 is 49.6 Å². The summed E-state index contributed by atoms with van der Waals surface area (Å²) in [6.45, 7) is -1.63. The average molecular weight is 710 g/mol. The number of phosphoric acid groups is 2. The number of fused-ring (bicyclic) bond motifs is 2. The molecule has 1 unspecified atom stereocenters. The molecule has 11 N–H and O–H groups in total. The lowest BCUT2D eigenvalue weighted by Crippen LogP contribution is -2.33. The fraction of sp³-hybridized carbons (Fsp3) is 0.500. The lowest BCUT2D eigenvalue weighted by atomic mass is 10.1. The van der Waals surface area contributed by atoms with E-state index in [0.29, 0.717) is 0 Å². The van der Waals surface area contributed by atoms with Gasteiger partial charge in [0, 0.05) is 0 Å². The SMILES string of the molecule is Nc1nc(F)nc2c1ncn2[C@@H]1O[C@H](COP(=O)(O)Oc2nc(N)c3ncn([C@@H]4O[C@H](COP(=O)(O)O)[C@@H](O)[C@@H]4O)c3n2)[C@@H](O)[C@@H]1O. The number of ether oxygens (including phenoxy) is 2. The third-order valence-electron chi connectivity index (χ3n) is 7.08. The molecular formula is C20H25FN10O14P2. The van der Waals surface area contributed by atoms with Gasteiger partial charge in [0.2, 0.25) is 0 Å². The molecule has 256 valence electrons. The molecule has 0 spiro atoms. The number of imidazole rings is 2. The first-order valence-electron chi connectivity index (χ1n) is 13.1. The predicted molar refractivity (Wildman–Crippen MR) is 146 cm³/mol. The number of aliphatic hydroxyl groups is 4. The third kappa shape index (κ3) is 6.49. The topological polar surface area (TPSA) is 361 Å². The van der Waals surface area contributed by atoms with Gasteiger partial charge in [-0.15, -0.1) is 0 Å². The molecule has 27 heteroatoms. The molecule has 2 fully saturated rings. The van der Waals surface area contributed by atoms with Gasteiger partial charge in [-0.05, 0) is 0 Å². The van der Waals surface area contributed by atoms with Crippen molar-refractivity contribution < 1.29 is 71.7 Å². The summed E-state index contributed by atoms with van der Waals surface area (Å²) < 4.78 is 65.0. The number of anilines is 2. The van der Waals surface area contributed by atoms with Crippen LogP contribution in [0, 0.1) is 6.08 Å². The average Bonchev–Trinajstić information content (AvgIpc) is 3.72. The molecule has 0 saturated carbocycles. The smallest absolute Gasteiger partial charge is 0.387 e. The van der Waals surface area contributed by atoms with Crippen LogP contribution in [0.4, 0.5) is 16.0 Å². The van der Waals surface area contributed by atoms with Gasteiger partial charge in [-0.1, -0.05) is 0 Å². The molecule has 0 aliphatic carbocycles. The Morgan fingerprint density at radius 3 is 1.79 bits per heavy atom. The van der Waals surface area contributed by atoms with E-state index >= 15 is 0 Å². The lowest BCUT2D eigenvalue weighted by molar-refractivity contribution is -0.0506. The van der Waals surface area contributed by atoms with Gasteiger partial charge < -0.3 is 55.7 Å². The van der Waals surface area contributed by atoms with Crippen LogP contribution < -0.4 is 16.0 Å². The lowest BCUT2D eigenvalue weighted by Gasteiger charge is -2.18. The van der Waals surface area contributed by atoms with Crippen LogP contribution in [0.5, 0.6) is 6.01 Å². The van der Waals surface area contributed by atoms with Crippen molar-refractivity contribution in [2.75, 3.05) is 24.7 Å². The number of nitrogen functional groups attached to an aromatic ring is 2. The van der Waals surface area contributed by atoms with E-state index in [2.05, 4.69) is 34.4 Å². The molecule has 9 atom stereocenters. The predicted octanol–water partition coefficient (Wildman–Crippen LogP) is -3.19. The summed E-state index contributed by atoms with van der Waals surface area (Å²) in [5.74, 6) is -0.657. The summed E-state index contributed by atoms with van der Waals surface area (Å²) >= 11 is 0. The van der Waals surface area contributed by atoms with Gasteiger partial charge >= 0.3 is 27.7 Å². The molecule has 4 aromatic heterocycles. The molecule has 2 saturated heterocycles. The van der Waals surface area contributed by atoms with E-state index in [-0.39, 0.29) is 34.0 Å². The standard InChI is InChI=1S/C20H25FN10O14P2/c21-19-26-13(22)7-15(28-19)30(3-24-7)17-12(35)10(33)6(44-17)2-42-47(39,40)45-20-27-14(23)8-16(29-20)31(4-25-8)18-11(34)9(32)5(43-18)1-41-46(36,37)38/h3-6,9-12,17-18,32-35H,1-2H2,(H,39,40)(H2,22,26,28)(H2,23,27,29)(H2,36,37,38)/t5-,6-,9-,10-,11+,12+,17-,18-/m1/s1. The van der Waals surface area contributed by atoms with E-state index in [0.717, 1.165) is 21.8 Å². The number of aliphatic hydroxyl groups excluding tert-OH is 4. The highest BCUT2D eigenvalue weighted by Crippen LogP contribution is 2.45. The van der Waals surface area contributed by atoms with E-state index in [1.165, 1.54) is 0 Å². The second-order valence-corrected chi connectivity index (χ2v) is 12.8. The van der Waals surface area contributed by atoms with Crippen LogP contribution in [0.25, 0.3) is 22.3 Å². The minimum absolute atomic E-state index is 0.0128. The highest BCUT2D eigenvalue weighted by molar-refractivity contribution is 7.47. The van der Waals surface area contributed by atoms with Crippen molar-refractivity contribution in [2.45, 2.75) is 49.1 Å². The summed E-state index contributed by atoms with van der Waals surface area (Å²) in [6, 6.07) is -0.827. The Kier molecular flexibility index (Phi) is 8.63. The Hall–Kier alpha value is -3.55. The summed E-state index contributed by atoms with van der Waals surface area (Å²) in [5.41, 5.74) is 11.0. The quantitative estimate of drug-likeness (QED) is 0.0578. The van der Waals surface area contributed by atoms with Gasteiger partial charge in [-0.25, -0.2) is 19.1 Å². The maximum absolute atomic E-state index is 13.8. The van der Waals surface area contributed by atoms with Crippen LogP contribution in [0.3, 0.4) is 0 Å². The molecule has 0 radical (unpaired) electrons. The van der Waals surface area contributed by atoms with Gasteiger partial charge in [0.15, 0.2) is 46.4 Å². The summed E-state index contributed by atoms with van der Waals surface area (Å²) in [6.07, 6.45) is -11.4. The summed E-state index contributed by atoms with van der Waals surface area (Å²) in [7, 11) is -10.1. The number of phosphoric ester groups is 2. The Bertz CT molecular complexity index is 1910. The zero-order valence-electron chi connectivity index (χ0n) is 23.2. The Morgan fingerprint density at radius 1 is 0.766 bits per heavy atom. The third-order valence-corrected chi connectivity index (χ3v) is 8.43. The first-order valence-corrected chi connectivity index (χ1v) is 16.1. The van der Waals surface area contributed by atoms with Gasteiger partial charge in [0.1, 0.15) is 36.6 Å². The zero-order valence-corrected chi connectivity index (χ0v) is 25.0. The van der Waals surface area contributed by atoms with Gasteiger partial charge in [-0.2, -0.15) is 24.3 Å². The van der Waals surface area contributed by atoms with Crippen molar-refractivity contribution in [2.24, 2.45) is 0 Å². The fourth-order valence-electron chi connectivity index (χ4n) is 4.90. The second kappa shape index (κ2) is 12.2. The fourth-order valence-corrected chi connectivity index (χ4v) is 5.92. The van der Waals surface area contributed by atoms with Crippen LogP contribution in [0.15, 0.2) is 12.7 Å². The molecule has 0 amide bonds. The first kappa shape index (κ1) is 33.4. The van der Waals surface area contributed by atoms with Crippen molar-refractivity contribution in [1.29, 1.82) is 0 Å². The van der Waals surface area contributed by atoms with E-state index in [9.17, 15) is 38.8 Å². The van der Waals surface area contributed by atoms with E-state index in [1.54, 1.807) is 0 Å². The van der Waals surface area contributed by atoms with Crippen LogP contribution in [0.1, 0.15) is 12.5 Å². The maximum atomic E-state index is 13.8. The minimum Gasteiger partial charge on any atom is -0.387 e. The Balaban J connectivity index is 1.15. The molecule has 47 heavy (non-hydrogen) atoms. The van der Waals surface area contributed by atoms with Crippen LogP contribution in [-0.4, -0.2) is 124 Å². The molecule has 0 bridgehead atoms. The van der Waals surface area contributed by atoms with Crippen molar-refractivity contribution in [3.63, 3.8) is 0 Å². The van der Waals surface area contributed by atoms with Crippen molar-refractivity contribution in [3.05, 3.63) is 18.7 Å². The highest BCUT2D eigenvalue weighted by Gasteiger charge is 2.47. The van der Waals surface area contributed by atoms with Crippen molar-refractivity contribution in [1.82, 2.24) is 39.0 Å². The molecule has 0 aromatic carbocycles. The van der Waals surface area contributed by atoms with E-state index in [1.807, 2.05) is 0 Å². The van der Waals surface area contributed by atoms with Gasteiger partial charge in [-0.3, -0.25) is 23.1 Å². The molecular weight excluding hydrogens is 685 g/mol. The highest BCUT2D eigenvalue weighted by atomic mass is 31.2. The van der Waals surface area contributed by atoms with Gasteiger partial charge in [0.05, 0.1) is 25.9 Å². The number of aromatic nitrogens is 8. The summed E-state index contributed by atoms with van der Waals surface area (Å²) in [4.78, 5) is 50.8. The number of nitrogens with zero attached hydrogens (tertiary/aromatic N) is 8. The van der Waals surface area contributed by atoms with Crippen LogP contribution in [-0.2, 0) is 27.7 Å². The van der Waals surface area contributed by atoms with Gasteiger partial charge in [0.25, 0.3) is 0 Å². The largest absolute Gasteiger partial charge is 0.529 e. The maximum Gasteiger partial charge on any atom is 0.529 e. The Labute approximate surface area is 259 Å². The number of rotatable bonds is 10. The monoisotopic (exact) mass is 710 g/mol. The molecule has 2 aliphatic rings. The minimum atomic E-state index is -5.12. The molecule has 24 nitrogen and oxygen atoms in total. The van der Waals surface area contributed by atoms with E-state index < -0.39 is 90.0 Å². The number of hydrogen-bond donors (Lipinski definition) is 9. The first-order chi connectivity index (χ1) is 22.0. The molecule has 2 aliphatic heterocycles. The summed E-state index contributed by atoms with van der Waals surface area (Å²) in [5, 5.41) is 41.9. The Morgan fingerprint density at radius 2 is 1.26 bits per heavy atom.